The number of hydrogen-bond donors (Lipinski definition) is 1. The first-order valence-corrected chi connectivity index (χ1v) is 5.78. The summed E-state index contributed by atoms with van der Waals surface area (Å²) in [6.45, 7) is 0. The van der Waals surface area contributed by atoms with Gasteiger partial charge >= 0.3 is 0 Å². The molecule has 1 aliphatic heterocycles. The van der Waals surface area contributed by atoms with E-state index in [1.807, 2.05) is 0 Å². The van der Waals surface area contributed by atoms with Crippen LogP contribution in [0.2, 0.25) is 5.02 Å². The molecule has 0 saturated heterocycles. The molecular formula is C13H9ClN2O2. The van der Waals surface area contributed by atoms with E-state index < -0.39 is 6.23 Å². The largest absolute Gasteiger partial charge is 0.368 e. The summed E-state index contributed by atoms with van der Waals surface area (Å²) in [6.07, 6.45) is 0.510. The number of carbonyl (C=O) groups is 1. The fourth-order valence-corrected chi connectivity index (χ4v) is 2.15. The Balaban J connectivity index is 2.06. The Morgan fingerprint density at radius 3 is 2.61 bits per heavy atom. The number of aromatic nitrogens is 1. The number of anilines is 1. The second-order valence-electron chi connectivity index (χ2n) is 3.96. The van der Waals surface area contributed by atoms with Crippen LogP contribution >= 0.6 is 11.6 Å². The number of nitrogens with zero attached hydrogens (tertiary/aromatic N) is 2. The molecule has 0 bridgehead atoms. The predicted molar refractivity (Wildman–Crippen MR) is 67.5 cm³/mol. The lowest BCUT2D eigenvalue weighted by Gasteiger charge is -2.20. The van der Waals surface area contributed by atoms with Gasteiger partial charge in [-0.1, -0.05) is 11.6 Å². The maximum Gasteiger partial charge on any atom is 0.262 e. The first-order valence-electron chi connectivity index (χ1n) is 5.40. The number of rotatable bonds is 1. The van der Waals surface area contributed by atoms with Gasteiger partial charge in [0.05, 0.1) is 5.56 Å². The zero-order valence-corrected chi connectivity index (χ0v) is 10.0. The predicted octanol–water partition coefficient (Wildman–Crippen LogP) is 2.39. The van der Waals surface area contributed by atoms with Crippen LogP contribution in [0.15, 0.2) is 42.6 Å². The quantitative estimate of drug-likeness (QED) is 0.857. The summed E-state index contributed by atoms with van der Waals surface area (Å²) in [6, 6.07) is 10.1. The monoisotopic (exact) mass is 260 g/mol. The van der Waals surface area contributed by atoms with Crippen molar-refractivity contribution in [2.24, 2.45) is 0 Å². The molecule has 1 atom stereocenters. The second kappa shape index (κ2) is 4.08. The van der Waals surface area contributed by atoms with Crippen molar-refractivity contribution in [3.05, 3.63) is 58.9 Å². The summed E-state index contributed by atoms with van der Waals surface area (Å²) in [5.74, 6) is -0.257. The summed E-state index contributed by atoms with van der Waals surface area (Å²) in [4.78, 5) is 17.5. The van der Waals surface area contributed by atoms with Gasteiger partial charge in [0, 0.05) is 16.9 Å². The van der Waals surface area contributed by atoms with Crippen LogP contribution in [0.4, 0.5) is 5.69 Å². The lowest BCUT2D eigenvalue weighted by atomic mass is 10.2. The normalized spacial score (nSPS) is 18.0. The molecule has 0 fully saturated rings. The molecule has 1 amide bonds. The van der Waals surface area contributed by atoms with E-state index >= 15 is 0 Å². The molecule has 1 aromatic carbocycles. The molecule has 2 aromatic rings. The van der Waals surface area contributed by atoms with E-state index in [1.165, 1.54) is 4.90 Å². The number of hydrogen-bond acceptors (Lipinski definition) is 3. The lowest BCUT2D eigenvalue weighted by molar-refractivity contribution is 0.0933. The van der Waals surface area contributed by atoms with Crippen molar-refractivity contribution in [3.63, 3.8) is 0 Å². The molecule has 0 aliphatic carbocycles. The Hall–Kier alpha value is -1.91. The topological polar surface area (TPSA) is 53.4 Å². The molecule has 4 nitrogen and oxygen atoms in total. The minimum Gasteiger partial charge on any atom is -0.368 e. The van der Waals surface area contributed by atoms with Gasteiger partial charge in [-0.05, 0) is 36.4 Å². The minimum absolute atomic E-state index is 0.257. The number of carbonyl (C=O) groups excluding carboxylic acids is 1. The molecular weight excluding hydrogens is 252 g/mol. The van der Waals surface area contributed by atoms with Crippen LogP contribution in [0.1, 0.15) is 22.3 Å². The number of amides is 1. The highest BCUT2D eigenvalue weighted by Crippen LogP contribution is 2.34. The third-order valence-electron chi connectivity index (χ3n) is 2.88. The zero-order valence-electron chi connectivity index (χ0n) is 9.25. The molecule has 2 heterocycles. The van der Waals surface area contributed by atoms with Gasteiger partial charge in [0.15, 0.2) is 6.23 Å². The average Bonchev–Trinajstić information content (AvgIpc) is 2.64. The minimum atomic E-state index is -1.05. The highest BCUT2D eigenvalue weighted by molar-refractivity contribution is 6.30. The van der Waals surface area contributed by atoms with Crippen LogP contribution in [-0.4, -0.2) is 16.0 Å². The SMILES string of the molecule is O=C1c2cccnc2C(O)N1c1ccc(Cl)cc1. The number of halogens is 1. The summed E-state index contributed by atoms with van der Waals surface area (Å²) < 4.78 is 0. The molecule has 5 heteroatoms. The Labute approximate surface area is 108 Å². The molecule has 18 heavy (non-hydrogen) atoms. The standard InChI is InChI=1S/C13H9ClN2O2/c14-8-3-5-9(6-4-8)16-12(17)10-2-1-7-15-11(10)13(16)18/h1-7,13,18H. The van der Waals surface area contributed by atoms with Crippen LogP contribution in [0, 0.1) is 0 Å². The van der Waals surface area contributed by atoms with Crippen molar-refractivity contribution < 1.29 is 9.90 Å². The number of benzene rings is 1. The van der Waals surface area contributed by atoms with Gasteiger partial charge in [-0.25, -0.2) is 0 Å². The maximum atomic E-state index is 12.2. The van der Waals surface area contributed by atoms with Crippen LogP contribution in [-0.2, 0) is 0 Å². The van der Waals surface area contributed by atoms with E-state index in [9.17, 15) is 9.90 Å². The zero-order chi connectivity index (χ0) is 12.7. The fraction of sp³-hybridized carbons (Fsp3) is 0.0769. The highest BCUT2D eigenvalue weighted by Gasteiger charge is 2.37. The van der Waals surface area contributed by atoms with E-state index in [0.29, 0.717) is 22.0 Å². The average molecular weight is 261 g/mol. The fourth-order valence-electron chi connectivity index (χ4n) is 2.03. The lowest BCUT2D eigenvalue weighted by Crippen LogP contribution is -2.27. The van der Waals surface area contributed by atoms with Gasteiger partial charge in [-0.15, -0.1) is 0 Å². The van der Waals surface area contributed by atoms with Crippen molar-refractivity contribution in [2.45, 2.75) is 6.23 Å². The summed E-state index contributed by atoms with van der Waals surface area (Å²) in [7, 11) is 0. The van der Waals surface area contributed by atoms with Gasteiger partial charge < -0.3 is 5.11 Å². The molecule has 1 aliphatic rings. The van der Waals surface area contributed by atoms with Crippen LogP contribution in [0.3, 0.4) is 0 Å². The third-order valence-corrected chi connectivity index (χ3v) is 3.13. The Bertz CT molecular complexity index is 613. The Morgan fingerprint density at radius 1 is 1.22 bits per heavy atom. The van der Waals surface area contributed by atoms with Crippen molar-refractivity contribution in [3.8, 4) is 0 Å². The number of fused-ring (bicyclic) bond motifs is 1. The maximum absolute atomic E-state index is 12.2. The summed E-state index contributed by atoms with van der Waals surface area (Å²) >= 11 is 5.80. The van der Waals surface area contributed by atoms with E-state index in [4.69, 9.17) is 11.6 Å². The molecule has 90 valence electrons. The first-order chi connectivity index (χ1) is 8.68. The second-order valence-corrected chi connectivity index (χ2v) is 4.40. The third kappa shape index (κ3) is 1.58. The van der Waals surface area contributed by atoms with Gasteiger partial charge in [0.25, 0.3) is 5.91 Å². The van der Waals surface area contributed by atoms with Crippen molar-refractivity contribution in [2.75, 3.05) is 4.90 Å². The first kappa shape index (κ1) is 11.2. The molecule has 1 unspecified atom stereocenters. The molecule has 0 saturated carbocycles. The number of aliphatic hydroxyl groups excluding tert-OH is 1. The van der Waals surface area contributed by atoms with E-state index in [-0.39, 0.29) is 5.91 Å². The van der Waals surface area contributed by atoms with E-state index in [2.05, 4.69) is 4.98 Å². The van der Waals surface area contributed by atoms with Gasteiger partial charge in [0.1, 0.15) is 5.69 Å². The van der Waals surface area contributed by atoms with Gasteiger partial charge in [-0.2, -0.15) is 0 Å². The number of aliphatic hydroxyl groups is 1. The van der Waals surface area contributed by atoms with Crippen molar-refractivity contribution in [1.29, 1.82) is 0 Å². The Kier molecular flexibility index (Phi) is 2.54. The van der Waals surface area contributed by atoms with E-state index in [1.54, 1.807) is 42.6 Å². The van der Waals surface area contributed by atoms with Gasteiger partial charge in [0.2, 0.25) is 0 Å². The Morgan fingerprint density at radius 2 is 1.94 bits per heavy atom. The van der Waals surface area contributed by atoms with Crippen LogP contribution in [0.5, 0.6) is 0 Å². The summed E-state index contributed by atoms with van der Waals surface area (Å²) in [5, 5.41) is 10.7. The highest BCUT2D eigenvalue weighted by atomic mass is 35.5. The van der Waals surface area contributed by atoms with E-state index in [0.717, 1.165) is 0 Å². The van der Waals surface area contributed by atoms with Crippen molar-refractivity contribution in [1.82, 2.24) is 4.98 Å². The van der Waals surface area contributed by atoms with Crippen LogP contribution in [0.25, 0.3) is 0 Å². The molecule has 0 radical (unpaired) electrons. The molecule has 0 spiro atoms. The summed E-state index contributed by atoms with van der Waals surface area (Å²) in [5.41, 5.74) is 1.41. The van der Waals surface area contributed by atoms with Crippen molar-refractivity contribution >= 4 is 23.2 Å². The molecule has 3 rings (SSSR count). The number of pyridine rings is 1. The molecule has 1 N–H and O–H groups in total. The van der Waals surface area contributed by atoms with Crippen LogP contribution < -0.4 is 4.90 Å². The van der Waals surface area contributed by atoms with Gasteiger partial charge in [-0.3, -0.25) is 14.7 Å². The smallest absolute Gasteiger partial charge is 0.262 e. The molecule has 1 aromatic heterocycles.